The van der Waals surface area contributed by atoms with Gasteiger partial charge in [0.15, 0.2) is 0 Å². The van der Waals surface area contributed by atoms with Gasteiger partial charge in [-0.05, 0) is 49.1 Å². The molecule has 2 N–H and O–H groups in total. The first kappa shape index (κ1) is 22.6. The first-order valence-corrected chi connectivity index (χ1v) is 10.3. The average molecular weight is 424 g/mol. The Balaban J connectivity index is 2.58. The number of aromatic amines is 1. The molecule has 1 amide bonds. The second-order valence-corrected chi connectivity index (χ2v) is 7.66. The molecular formula is C20H27N2O6S+. The lowest BCUT2D eigenvalue weighted by atomic mass is 10.0. The van der Waals surface area contributed by atoms with Crippen LogP contribution in [0.5, 0.6) is 0 Å². The van der Waals surface area contributed by atoms with Crippen molar-refractivity contribution in [1.82, 2.24) is 9.47 Å². The minimum absolute atomic E-state index is 0.166. The number of aryl methyl sites for hydroxylation is 1. The van der Waals surface area contributed by atoms with Crippen LogP contribution in [0, 0.1) is 0 Å². The highest BCUT2D eigenvalue weighted by atomic mass is 32.1. The number of carboxylic acid groups (broad SMARTS) is 1. The van der Waals surface area contributed by atoms with Crippen LogP contribution in [0.3, 0.4) is 0 Å². The minimum atomic E-state index is -1.10. The standard InChI is InChI=1S/C20H26N2O6S/c1-5-27-16(23)11-15-17(19(24)28-6-2)14(8-7-13-9-10-29-12-13)18(21-15)22(3,4)20(25)26/h9-10,12H,5-8,11H2,1-4H3,(H-,21,24,25,26)/p+1. The fourth-order valence-electron chi connectivity index (χ4n) is 3.04. The van der Waals surface area contributed by atoms with E-state index >= 15 is 0 Å². The summed E-state index contributed by atoms with van der Waals surface area (Å²) in [6.07, 6.45) is -0.220. The third-order valence-corrected chi connectivity index (χ3v) is 5.28. The second-order valence-electron chi connectivity index (χ2n) is 6.88. The zero-order chi connectivity index (χ0) is 21.6. The smallest absolute Gasteiger partial charge is 0.466 e. The molecule has 0 saturated carbocycles. The molecule has 0 aliphatic carbocycles. The number of carbonyl (C=O) groups is 3. The van der Waals surface area contributed by atoms with Gasteiger partial charge in [0.2, 0.25) is 5.82 Å². The van der Waals surface area contributed by atoms with Crippen LogP contribution >= 0.6 is 11.3 Å². The number of thiophene rings is 1. The molecule has 2 aromatic rings. The number of carbonyl (C=O) groups excluding carboxylic acids is 2. The molecule has 8 nitrogen and oxygen atoms in total. The van der Waals surface area contributed by atoms with Crippen molar-refractivity contribution in [2.45, 2.75) is 33.1 Å². The fraction of sp³-hybridized carbons (Fsp3) is 0.450. The van der Waals surface area contributed by atoms with Gasteiger partial charge in [-0.1, -0.05) is 0 Å². The van der Waals surface area contributed by atoms with Gasteiger partial charge in [-0.25, -0.2) is 4.79 Å². The van der Waals surface area contributed by atoms with Crippen molar-refractivity contribution >= 4 is 35.2 Å². The molecule has 158 valence electrons. The maximum atomic E-state index is 12.8. The lowest BCUT2D eigenvalue weighted by Gasteiger charge is -2.22. The average Bonchev–Trinajstić information content (AvgIpc) is 3.28. The molecule has 0 atom stereocenters. The van der Waals surface area contributed by atoms with Gasteiger partial charge in [0, 0.05) is 11.3 Å². The summed E-state index contributed by atoms with van der Waals surface area (Å²) in [7, 11) is 3.01. The highest BCUT2D eigenvalue weighted by Crippen LogP contribution is 2.32. The molecule has 9 heteroatoms. The molecule has 2 aromatic heterocycles. The summed E-state index contributed by atoms with van der Waals surface area (Å²) in [6.45, 7) is 3.77. The van der Waals surface area contributed by atoms with Gasteiger partial charge in [-0.15, -0.1) is 0 Å². The van der Waals surface area contributed by atoms with Crippen LogP contribution < -0.4 is 4.48 Å². The molecule has 0 saturated heterocycles. The zero-order valence-electron chi connectivity index (χ0n) is 17.1. The topological polar surface area (TPSA) is 106 Å². The number of esters is 2. The highest BCUT2D eigenvalue weighted by molar-refractivity contribution is 7.07. The van der Waals surface area contributed by atoms with Crippen molar-refractivity contribution in [3.63, 3.8) is 0 Å². The summed E-state index contributed by atoms with van der Waals surface area (Å²) < 4.78 is 9.70. The van der Waals surface area contributed by atoms with E-state index in [0.29, 0.717) is 29.9 Å². The lowest BCUT2D eigenvalue weighted by Crippen LogP contribution is -2.46. The van der Waals surface area contributed by atoms with Crippen LogP contribution in [-0.2, 0) is 33.5 Å². The van der Waals surface area contributed by atoms with Crippen molar-refractivity contribution in [3.05, 3.63) is 39.2 Å². The Labute approximate surface area is 173 Å². The first-order chi connectivity index (χ1) is 13.7. The number of hydrogen-bond donors (Lipinski definition) is 2. The summed E-state index contributed by atoms with van der Waals surface area (Å²) in [5, 5.41) is 13.7. The highest BCUT2D eigenvalue weighted by Gasteiger charge is 2.38. The molecule has 0 aliphatic heterocycles. The molecule has 0 aliphatic rings. The molecule has 2 heterocycles. The Morgan fingerprint density at radius 3 is 2.38 bits per heavy atom. The van der Waals surface area contributed by atoms with E-state index in [2.05, 4.69) is 4.98 Å². The number of nitrogens with zero attached hydrogens (tertiary/aromatic N) is 1. The number of ether oxygens (including phenoxy) is 2. The van der Waals surface area contributed by atoms with E-state index in [9.17, 15) is 19.5 Å². The molecule has 0 aromatic carbocycles. The van der Waals surface area contributed by atoms with Crippen LogP contribution in [0.4, 0.5) is 10.6 Å². The van der Waals surface area contributed by atoms with Crippen molar-refractivity contribution in [2.75, 3.05) is 27.3 Å². The van der Waals surface area contributed by atoms with Crippen molar-refractivity contribution in [1.29, 1.82) is 0 Å². The predicted octanol–water partition coefficient (Wildman–Crippen LogP) is 3.39. The molecule has 2 rings (SSSR count). The van der Waals surface area contributed by atoms with Gasteiger partial charge < -0.3 is 19.6 Å². The van der Waals surface area contributed by atoms with Crippen molar-refractivity contribution in [2.24, 2.45) is 0 Å². The van der Waals surface area contributed by atoms with E-state index in [0.717, 1.165) is 5.56 Å². The summed E-state index contributed by atoms with van der Waals surface area (Å²) in [6, 6.07) is 1.98. The third-order valence-electron chi connectivity index (χ3n) is 4.55. The molecule has 29 heavy (non-hydrogen) atoms. The van der Waals surface area contributed by atoms with Crippen LogP contribution in [0.25, 0.3) is 0 Å². The number of H-pyrrole nitrogens is 1. The van der Waals surface area contributed by atoms with E-state index in [4.69, 9.17) is 9.47 Å². The summed E-state index contributed by atoms with van der Waals surface area (Å²) in [4.78, 5) is 39.7. The van der Waals surface area contributed by atoms with E-state index in [1.54, 1.807) is 25.2 Å². The quantitative estimate of drug-likeness (QED) is 0.473. The Kier molecular flexibility index (Phi) is 7.58. The van der Waals surface area contributed by atoms with Crippen molar-refractivity contribution < 1.29 is 29.0 Å². The monoisotopic (exact) mass is 423 g/mol. The van der Waals surface area contributed by atoms with E-state index in [1.165, 1.54) is 14.1 Å². The molecule has 0 radical (unpaired) electrons. The van der Waals surface area contributed by atoms with E-state index in [-0.39, 0.29) is 25.2 Å². The van der Waals surface area contributed by atoms with Gasteiger partial charge in [-0.2, -0.15) is 20.6 Å². The van der Waals surface area contributed by atoms with Crippen LogP contribution in [-0.4, -0.2) is 55.4 Å². The summed E-state index contributed by atoms with van der Waals surface area (Å²) >= 11 is 1.57. The van der Waals surface area contributed by atoms with E-state index < -0.39 is 22.5 Å². The van der Waals surface area contributed by atoms with Gasteiger partial charge in [0.25, 0.3) is 0 Å². The normalized spacial score (nSPS) is 11.3. The Morgan fingerprint density at radius 1 is 1.14 bits per heavy atom. The number of amides is 1. The SMILES string of the molecule is CCOC(=O)Cc1[nH]c([N+](C)(C)C(=O)O)c(CCc2ccsc2)c1C(=O)OCC. The molecule has 0 bridgehead atoms. The maximum Gasteiger partial charge on any atom is 0.519 e. The Hall–Kier alpha value is -2.65. The summed E-state index contributed by atoms with van der Waals surface area (Å²) in [5.41, 5.74) is 2.16. The maximum absolute atomic E-state index is 12.8. The molecular weight excluding hydrogens is 396 g/mol. The van der Waals surface area contributed by atoms with Gasteiger partial charge in [0.05, 0.1) is 39.3 Å². The van der Waals surface area contributed by atoms with Gasteiger partial charge in [-0.3, -0.25) is 4.79 Å². The number of rotatable bonds is 9. The van der Waals surface area contributed by atoms with E-state index in [1.807, 2.05) is 16.8 Å². The first-order valence-electron chi connectivity index (χ1n) is 9.37. The Morgan fingerprint density at radius 2 is 1.83 bits per heavy atom. The second kappa shape index (κ2) is 9.71. The largest absolute Gasteiger partial charge is 0.519 e. The molecule has 0 spiro atoms. The molecule has 0 unspecified atom stereocenters. The third kappa shape index (κ3) is 5.24. The fourth-order valence-corrected chi connectivity index (χ4v) is 3.74. The van der Waals surface area contributed by atoms with Crippen LogP contribution in [0.1, 0.15) is 41.0 Å². The number of quaternary nitrogens is 1. The predicted molar refractivity (Wildman–Crippen MR) is 110 cm³/mol. The van der Waals surface area contributed by atoms with Crippen LogP contribution in [0.15, 0.2) is 16.8 Å². The number of nitrogens with one attached hydrogen (secondary N) is 1. The van der Waals surface area contributed by atoms with Gasteiger partial charge >= 0.3 is 18.0 Å². The molecule has 0 fully saturated rings. The van der Waals surface area contributed by atoms with Crippen molar-refractivity contribution in [3.8, 4) is 0 Å². The van der Waals surface area contributed by atoms with Gasteiger partial charge in [0.1, 0.15) is 0 Å². The zero-order valence-corrected chi connectivity index (χ0v) is 17.9. The lowest BCUT2D eigenvalue weighted by molar-refractivity contribution is -0.142. The summed E-state index contributed by atoms with van der Waals surface area (Å²) in [5.74, 6) is -0.744. The number of hydrogen-bond acceptors (Lipinski definition) is 6. The Bertz CT molecular complexity index is 870. The number of aromatic nitrogens is 1. The minimum Gasteiger partial charge on any atom is -0.466 e. The van der Waals surface area contributed by atoms with Crippen LogP contribution in [0.2, 0.25) is 0 Å².